The standard InChI is InChI=1S/C16H14N2O3S/c19-15-12-5-1-3-11-4-2-6-13(14(11)12)16(20)18(15)22-17-7-9-21-10-8-17/h1-6H,7-10H2. The minimum absolute atomic E-state index is 0.245. The van der Waals surface area contributed by atoms with Gasteiger partial charge in [-0.3, -0.25) is 9.59 Å². The van der Waals surface area contributed by atoms with Crippen LogP contribution in [-0.2, 0) is 4.74 Å². The Morgan fingerprint density at radius 3 is 2.09 bits per heavy atom. The highest BCUT2D eigenvalue weighted by molar-refractivity contribution is 7.95. The average molecular weight is 314 g/mol. The molecule has 22 heavy (non-hydrogen) atoms. The summed E-state index contributed by atoms with van der Waals surface area (Å²) in [4.78, 5) is 25.4. The molecule has 0 radical (unpaired) electrons. The van der Waals surface area contributed by atoms with Crippen molar-refractivity contribution in [2.24, 2.45) is 0 Å². The minimum atomic E-state index is -0.245. The van der Waals surface area contributed by atoms with Gasteiger partial charge in [-0.1, -0.05) is 24.3 Å². The van der Waals surface area contributed by atoms with Gasteiger partial charge in [0.2, 0.25) is 0 Å². The molecule has 4 rings (SSSR count). The summed E-state index contributed by atoms with van der Waals surface area (Å²) in [5.41, 5.74) is 1.18. The van der Waals surface area contributed by atoms with Crippen molar-refractivity contribution in [1.82, 2.24) is 8.61 Å². The number of rotatable bonds is 2. The van der Waals surface area contributed by atoms with E-state index in [1.807, 2.05) is 28.6 Å². The van der Waals surface area contributed by atoms with Gasteiger partial charge >= 0.3 is 0 Å². The maximum absolute atomic E-state index is 12.7. The summed E-state index contributed by atoms with van der Waals surface area (Å²) in [5, 5.41) is 1.69. The molecule has 2 amide bonds. The number of hydrogen-bond donors (Lipinski definition) is 0. The van der Waals surface area contributed by atoms with Gasteiger partial charge in [0.25, 0.3) is 11.8 Å². The van der Waals surface area contributed by atoms with Crippen molar-refractivity contribution in [1.29, 1.82) is 0 Å². The molecule has 2 aliphatic heterocycles. The third-order valence-corrected chi connectivity index (χ3v) is 4.99. The highest BCUT2D eigenvalue weighted by Gasteiger charge is 2.35. The van der Waals surface area contributed by atoms with Crippen molar-refractivity contribution in [2.45, 2.75) is 0 Å². The SMILES string of the molecule is O=C1c2cccc3cccc(c23)C(=O)N1SN1CCOCC1. The number of carbonyl (C=O) groups excluding carboxylic acids is 2. The summed E-state index contributed by atoms with van der Waals surface area (Å²) in [6.45, 7) is 2.64. The summed E-state index contributed by atoms with van der Waals surface area (Å²) in [5.74, 6) is -0.489. The predicted molar refractivity (Wildman–Crippen MR) is 84.4 cm³/mol. The van der Waals surface area contributed by atoms with Crippen molar-refractivity contribution in [2.75, 3.05) is 26.3 Å². The first-order chi connectivity index (χ1) is 10.8. The Bertz CT molecular complexity index is 720. The minimum Gasteiger partial charge on any atom is -0.379 e. The van der Waals surface area contributed by atoms with Crippen molar-refractivity contribution in [3.8, 4) is 0 Å². The van der Waals surface area contributed by atoms with E-state index in [-0.39, 0.29) is 11.8 Å². The summed E-state index contributed by atoms with van der Waals surface area (Å²) < 4.78 is 8.56. The van der Waals surface area contributed by atoms with Crippen LogP contribution in [0.25, 0.3) is 10.8 Å². The van der Waals surface area contributed by atoms with Gasteiger partial charge in [0.1, 0.15) is 0 Å². The van der Waals surface area contributed by atoms with Crippen LogP contribution in [0.5, 0.6) is 0 Å². The van der Waals surface area contributed by atoms with Gasteiger partial charge in [0.05, 0.1) is 25.3 Å². The lowest BCUT2D eigenvalue weighted by Crippen LogP contribution is -2.41. The molecule has 2 aromatic rings. The second kappa shape index (κ2) is 5.39. The molecule has 0 bridgehead atoms. The summed E-state index contributed by atoms with van der Waals surface area (Å²) in [6.07, 6.45) is 0. The lowest BCUT2D eigenvalue weighted by molar-refractivity contribution is 0.0676. The highest BCUT2D eigenvalue weighted by Crippen LogP contribution is 2.34. The Balaban J connectivity index is 1.75. The van der Waals surface area contributed by atoms with Gasteiger partial charge in [-0.25, -0.2) is 8.61 Å². The second-order valence-electron chi connectivity index (χ2n) is 5.24. The first-order valence-corrected chi connectivity index (χ1v) is 7.90. The molecule has 2 heterocycles. The van der Waals surface area contributed by atoms with E-state index in [2.05, 4.69) is 0 Å². The first kappa shape index (κ1) is 13.8. The largest absolute Gasteiger partial charge is 0.379 e. The molecule has 0 saturated carbocycles. The lowest BCUT2D eigenvalue weighted by Gasteiger charge is -2.32. The summed E-state index contributed by atoms with van der Waals surface area (Å²) in [6, 6.07) is 11.1. The molecule has 2 aromatic carbocycles. The van der Waals surface area contributed by atoms with Crippen LogP contribution in [0.3, 0.4) is 0 Å². The molecule has 0 N–H and O–H groups in total. The van der Waals surface area contributed by atoms with E-state index >= 15 is 0 Å². The molecular weight excluding hydrogens is 300 g/mol. The molecule has 6 heteroatoms. The van der Waals surface area contributed by atoms with E-state index in [1.54, 1.807) is 12.1 Å². The van der Waals surface area contributed by atoms with Crippen molar-refractivity contribution in [3.05, 3.63) is 47.5 Å². The number of imide groups is 1. The number of hydrogen-bond acceptors (Lipinski definition) is 5. The Morgan fingerprint density at radius 2 is 1.50 bits per heavy atom. The average Bonchev–Trinajstić information content (AvgIpc) is 2.57. The smallest absolute Gasteiger partial charge is 0.272 e. The van der Waals surface area contributed by atoms with Crippen LogP contribution in [0.15, 0.2) is 36.4 Å². The second-order valence-corrected chi connectivity index (χ2v) is 6.28. The lowest BCUT2D eigenvalue weighted by atomic mass is 9.95. The van der Waals surface area contributed by atoms with Crippen LogP contribution < -0.4 is 0 Å². The van der Waals surface area contributed by atoms with E-state index in [4.69, 9.17) is 4.74 Å². The normalized spacial score (nSPS) is 19.0. The molecule has 5 nitrogen and oxygen atoms in total. The number of benzene rings is 2. The Labute approximate surface area is 132 Å². The molecular formula is C16H14N2O3S. The van der Waals surface area contributed by atoms with Gasteiger partial charge in [0, 0.05) is 29.6 Å². The van der Waals surface area contributed by atoms with E-state index in [9.17, 15) is 9.59 Å². The fraction of sp³-hybridized carbons (Fsp3) is 0.250. The van der Waals surface area contributed by atoms with Crippen molar-refractivity contribution in [3.63, 3.8) is 0 Å². The number of ether oxygens (including phenoxy) is 1. The molecule has 0 aliphatic carbocycles. The van der Waals surface area contributed by atoms with Gasteiger partial charge < -0.3 is 4.74 Å². The molecule has 112 valence electrons. The topological polar surface area (TPSA) is 49.9 Å². The van der Waals surface area contributed by atoms with Crippen LogP contribution >= 0.6 is 12.1 Å². The van der Waals surface area contributed by atoms with Gasteiger partial charge in [-0.05, 0) is 17.5 Å². The summed E-state index contributed by atoms with van der Waals surface area (Å²) in [7, 11) is 0. The zero-order valence-electron chi connectivity index (χ0n) is 11.8. The molecule has 1 saturated heterocycles. The molecule has 1 fully saturated rings. The van der Waals surface area contributed by atoms with Gasteiger partial charge in [-0.2, -0.15) is 0 Å². The maximum atomic E-state index is 12.7. The van der Waals surface area contributed by atoms with Crippen LogP contribution in [-0.4, -0.2) is 46.7 Å². The van der Waals surface area contributed by atoms with Crippen LogP contribution in [0.2, 0.25) is 0 Å². The summed E-state index contributed by atoms with van der Waals surface area (Å²) >= 11 is 1.19. The maximum Gasteiger partial charge on any atom is 0.272 e. The molecule has 0 unspecified atom stereocenters. The third-order valence-electron chi connectivity index (χ3n) is 3.90. The van der Waals surface area contributed by atoms with E-state index < -0.39 is 0 Å². The first-order valence-electron chi connectivity index (χ1n) is 7.17. The number of morpholine rings is 1. The highest BCUT2D eigenvalue weighted by atomic mass is 32.2. The zero-order valence-corrected chi connectivity index (χ0v) is 12.6. The van der Waals surface area contributed by atoms with Crippen LogP contribution in [0.4, 0.5) is 0 Å². The Kier molecular flexibility index (Phi) is 3.37. The van der Waals surface area contributed by atoms with Crippen LogP contribution in [0.1, 0.15) is 20.7 Å². The number of carbonyl (C=O) groups is 2. The molecule has 0 aromatic heterocycles. The van der Waals surface area contributed by atoms with E-state index in [0.29, 0.717) is 37.4 Å². The fourth-order valence-electron chi connectivity index (χ4n) is 2.83. The van der Waals surface area contributed by atoms with Crippen LogP contribution in [0, 0.1) is 0 Å². The molecule has 2 aliphatic rings. The Morgan fingerprint density at radius 1 is 0.909 bits per heavy atom. The molecule has 0 spiro atoms. The quantitative estimate of drug-likeness (QED) is 0.629. The zero-order chi connectivity index (χ0) is 15.1. The Hall–Kier alpha value is -1.89. The third kappa shape index (κ3) is 2.11. The fourth-order valence-corrected chi connectivity index (χ4v) is 3.71. The van der Waals surface area contributed by atoms with Gasteiger partial charge in [0.15, 0.2) is 0 Å². The van der Waals surface area contributed by atoms with E-state index in [0.717, 1.165) is 10.8 Å². The van der Waals surface area contributed by atoms with Gasteiger partial charge in [-0.15, -0.1) is 0 Å². The molecule has 0 atom stereocenters. The predicted octanol–water partition coefficient (Wildman–Crippen LogP) is 2.33. The number of amides is 2. The monoisotopic (exact) mass is 314 g/mol. The van der Waals surface area contributed by atoms with Crippen molar-refractivity contribution < 1.29 is 14.3 Å². The number of nitrogens with zero attached hydrogens (tertiary/aromatic N) is 2. The van der Waals surface area contributed by atoms with E-state index in [1.165, 1.54) is 16.4 Å². The van der Waals surface area contributed by atoms with Crippen molar-refractivity contribution >= 4 is 34.7 Å².